The Hall–Kier alpha value is -12.0. The van der Waals surface area contributed by atoms with Crippen molar-refractivity contribution in [1.82, 2.24) is 63.4 Å². The Morgan fingerprint density at radius 3 is 1.76 bits per heavy atom. The Morgan fingerprint density at radius 2 is 1.21 bits per heavy atom. The Bertz CT molecular complexity index is 4010. The maximum Gasteiger partial charge on any atom is 0.336 e. The SMILES string of the molecule is COc1ccc2c(CC(=O)[C@](CCCNC(=N)N)(NC(=O)[C@H](CC(C)C)NC(=O)[C@@H](N)CSC)C(=O)N3CCC[C@H]3C(=O)N[C@@H](CC(C)C)C(=O)N[C@@H](CNc3ccc([N+](=O)[O-])cc3[N+](=O)[O-])C(=O)N[C@@H](C)C(=O)N[C@H](CCCNC(=N)N)C(=O)N[C@H](CCC(=O)O)C(=O)N[C@H](CCCNC(=N)N)C(N)=O)cc(=O)oc2c1. The first-order valence-electron chi connectivity index (χ1n) is 35.8. The van der Waals surface area contributed by atoms with Crippen LogP contribution in [0.5, 0.6) is 5.75 Å². The number of Topliss-reactive ketones (excluding diaryl/α,β-unsaturated/α-hetero) is 1. The van der Waals surface area contributed by atoms with Crippen LogP contribution in [0.4, 0.5) is 17.1 Å². The zero-order valence-electron chi connectivity index (χ0n) is 63.2. The third-order valence-electron chi connectivity index (χ3n) is 17.6. The second-order valence-electron chi connectivity index (χ2n) is 27.4. The molecule has 0 aliphatic carbocycles. The highest BCUT2D eigenvalue weighted by Crippen LogP contribution is 2.32. The molecule has 0 saturated carbocycles. The number of ether oxygens (including phenoxy) is 1. The number of hydrogen-bond acceptors (Lipinski definition) is 25. The monoisotopic (exact) mass is 1590 g/mol. The molecule has 26 N–H and O–H groups in total. The van der Waals surface area contributed by atoms with Gasteiger partial charge in [0.1, 0.15) is 65.4 Å². The number of nitro benzene ring substituents is 2. The van der Waals surface area contributed by atoms with Crippen LogP contribution in [0.1, 0.15) is 117 Å². The van der Waals surface area contributed by atoms with E-state index in [1.807, 2.05) is 0 Å². The lowest BCUT2D eigenvalue weighted by molar-refractivity contribution is -0.393. The summed E-state index contributed by atoms with van der Waals surface area (Å²) >= 11 is 1.25. The number of carbonyl (C=O) groups excluding carboxylic acids is 11. The molecule has 112 heavy (non-hydrogen) atoms. The molecule has 2 heterocycles. The van der Waals surface area contributed by atoms with Crippen LogP contribution < -0.4 is 103 Å². The van der Waals surface area contributed by atoms with Crippen LogP contribution in [-0.2, 0) is 64.0 Å². The maximum absolute atomic E-state index is 16.1. The largest absolute Gasteiger partial charge is 0.497 e. The Balaban J connectivity index is 1.81. The van der Waals surface area contributed by atoms with Gasteiger partial charge in [0.25, 0.3) is 17.3 Å². The van der Waals surface area contributed by atoms with E-state index in [0.29, 0.717) is 6.07 Å². The van der Waals surface area contributed by atoms with Gasteiger partial charge >= 0.3 is 11.6 Å². The molecule has 1 fully saturated rings. The molecule has 10 atom stereocenters. The summed E-state index contributed by atoms with van der Waals surface area (Å²) in [5.74, 6) is -14.7. The number of ketones is 1. The van der Waals surface area contributed by atoms with Gasteiger partial charge in [-0.1, -0.05) is 27.7 Å². The molecule has 2 aromatic carbocycles. The van der Waals surface area contributed by atoms with Crippen molar-refractivity contribution in [3.05, 3.63) is 78.7 Å². The maximum atomic E-state index is 16.1. The first-order chi connectivity index (χ1) is 52.7. The van der Waals surface area contributed by atoms with E-state index in [4.69, 9.17) is 54.1 Å². The lowest BCUT2D eigenvalue weighted by atomic mass is 9.82. The number of rotatable bonds is 48. The molecule has 43 nitrogen and oxygen atoms in total. The molecule has 1 aliphatic heterocycles. The molecule has 616 valence electrons. The summed E-state index contributed by atoms with van der Waals surface area (Å²) in [6, 6.07) is -6.18. The number of guanidine groups is 3. The van der Waals surface area contributed by atoms with Gasteiger partial charge < -0.3 is 112 Å². The Labute approximate surface area is 647 Å². The fourth-order valence-electron chi connectivity index (χ4n) is 12.0. The van der Waals surface area contributed by atoms with Gasteiger partial charge in [-0.25, -0.2) is 4.79 Å². The second kappa shape index (κ2) is 44.6. The fraction of sp³-hybridized carbons (Fsp3) is 0.559. The number of nitro groups is 2. The predicted molar refractivity (Wildman–Crippen MR) is 410 cm³/mol. The Kier molecular flexibility index (Phi) is 36.8. The number of hydrogen-bond donors (Lipinski definition) is 21. The first-order valence-corrected chi connectivity index (χ1v) is 37.2. The van der Waals surface area contributed by atoms with Gasteiger partial charge in [-0.2, -0.15) is 11.8 Å². The number of nitrogens with two attached hydrogens (primary N) is 5. The topological polar surface area (TPSA) is 700 Å². The van der Waals surface area contributed by atoms with Crippen molar-refractivity contribution in [2.24, 2.45) is 40.5 Å². The number of aliphatic carboxylic acids is 1. The zero-order valence-corrected chi connectivity index (χ0v) is 64.0. The minimum Gasteiger partial charge on any atom is -0.497 e. The number of benzene rings is 2. The van der Waals surface area contributed by atoms with Crippen LogP contribution in [0.25, 0.3) is 11.0 Å². The number of non-ortho nitro benzene ring substituents is 1. The summed E-state index contributed by atoms with van der Waals surface area (Å²) in [6.45, 7) is 6.71. The molecule has 10 amide bonds. The molecule has 1 aromatic heterocycles. The van der Waals surface area contributed by atoms with E-state index in [2.05, 4.69) is 63.8 Å². The number of carbonyl (C=O) groups is 12. The van der Waals surface area contributed by atoms with E-state index < -0.39 is 213 Å². The van der Waals surface area contributed by atoms with Crippen LogP contribution in [0.3, 0.4) is 0 Å². The summed E-state index contributed by atoms with van der Waals surface area (Å²) in [7, 11) is 1.37. The fourth-order valence-corrected chi connectivity index (χ4v) is 12.5. The number of likely N-dealkylation sites (tertiary alicyclic amines) is 1. The third kappa shape index (κ3) is 29.1. The van der Waals surface area contributed by atoms with E-state index in [9.17, 15) is 63.7 Å². The third-order valence-corrected chi connectivity index (χ3v) is 18.3. The molecule has 0 bridgehead atoms. The molecule has 0 unspecified atom stereocenters. The van der Waals surface area contributed by atoms with E-state index >= 15 is 24.0 Å². The molecular formula is C68H103N23O20S. The molecule has 44 heteroatoms. The smallest absolute Gasteiger partial charge is 0.336 e. The number of nitrogens with zero attached hydrogens (tertiary/aromatic N) is 3. The summed E-state index contributed by atoms with van der Waals surface area (Å²) in [6.07, 6.45) is -1.67. The van der Waals surface area contributed by atoms with Gasteiger partial charge in [-0.15, -0.1) is 0 Å². The quantitative estimate of drug-likeness (QED) is 0.00510. The summed E-state index contributed by atoms with van der Waals surface area (Å²) < 4.78 is 10.8. The van der Waals surface area contributed by atoms with Crippen molar-refractivity contribution in [2.75, 3.05) is 57.2 Å². The van der Waals surface area contributed by atoms with E-state index in [-0.39, 0.29) is 124 Å². The predicted octanol–water partition coefficient (Wildman–Crippen LogP) is -2.98. The lowest BCUT2D eigenvalue weighted by Crippen LogP contribution is -2.68. The number of primary amides is 1. The normalized spacial score (nSPS) is 15.1. The van der Waals surface area contributed by atoms with Crippen LogP contribution >= 0.6 is 11.8 Å². The molecular weight excluding hydrogens is 1490 g/mol. The highest BCUT2D eigenvalue weighted by Gasteiger charge is 2.53. The number of methoxy groups -OCH3 is 1. The highest BCUT2D eigenvalue weighted by molar-refractivity contribution is 7.98. The molecule has 3 aromatic rings. The van der Waals surface area contributed by atoms with Crippen molar-refractivity contribution in [2.45, 2.75) is 178 Å². The van der Waals surface area contributed by atoms with Crippen LogP contribution in [0, 0.1) is 48.3 Å². The number of amides is 10. The number of carboxylic acid groups (broad SMARTS) is 1. The van der Waals surface area contributed by atoms with Gasteiger partial charge in [0, 0.05) is 74.9 Å². The van der Waals surface area contributed by atoms with Crippen LogP contribution in [0.15, 0.2) is 51.7 Å². The molecule has 0 radical (unpaired) electrons. The molecule has 1 saturated heterocycles. The standard InChI is InChI=1S/C68H103N23O20S/c1-34(2)26-46(86-63(104)49-14-10-25-89(49)64(105)68(21-11-24-79-67(75)76,88-62(103)47(27-35(3)4)85-57(98)41(69)33-112-7)52(92)28-37-29-54(95)111-51-31-39(110-6)16-17-40(37)51)60(101)87-48(32-80-42-18-15-38(90(106)107)30-50(42)91(108)109)61(102)81-36(5)56(97)83-44(13-9-23-78-66(73)74)58(99)84-45(19-20-53(93)94)59(100)82-43(55(70)96)12-8-22-77-65(71)72/h15-18,29-31,34-36,41,43-49,80H,8-14,19-28,32-33,69H2,1-7H3,(H2,70,96)(H,81,102)(H,82,100)(H,83,97)(H,84,99)(H,85,98)(H,86,104)(H,87,101)(H,88,103)(H,93,94)(H4,71,72,77)(H4,73,74,78)(H4,75,76,79)/t36-,41-,43+,44+,45+,46-,47-,48-,49-,68-/m0/s1. The number of thioether (sulfide) groups is 1. The first kappa shape index (κ1) is 92.4. The number of fused-ring (bicyclic) bond motifs is 1. The van der Waals surface area contributed by atoms with Crippen molar-refractivity contribution in [1.29, 1.82) is 16.2 Å². The van der Waals surface area contributed by atoms with E-state index in [1.54, 1.807) is 34.0 Å². The number of carboxylic acids is 1. The summed E-state index contributed by atoms with van der Waals surface area (Å²) in [5, 5.41) is 87.1. The van der Waals surface area contributed by atoms with Crippen LogP contribution in [-0.4, -0.2) is 220 Å². The summed E-state index contributed by atoms with van der Waals surface area (Å²) in [4.78, 5) is 208. The van der Waals surface area contributed by atoms with Gasteiger partial charge in [-0.05, 0) is 119 Å². The second-order valence-corrected chi connectivity index (χ2v) is 28.3. The van der Waals surface area contributed by atoms with Gasteiger partial charge in [0.2, 0.25) is 53.2 Å². The van der Waals surface area contributed by atoms with Gasteiger partial charge in [0.15, 0.2) is 29.2 Å². The van der Waals surface area contributed by atoms with Gasteiger partial charge in [-0.3, -0.25) is 94.0 Å². The van der Waals surface area contributed by atoms with Crippen molar-refractivity contribution >= 4 is 128 Å². The summed E-state index contributed by atoms with van der Waals surface area (Å²) in [5.41, 5.74) is 22.6. The van der Waals surface area contributed by atoms with Crippen molar-refractivity contribution in [3.8, 4) is 5.75 Å². The molecule has 4 rings (SSSR count). The average Bonchev–Trinajstić information content (AvgIpc) is 1.73. The molecule has 0 spiro atoms. The number of anilines is 1. The van der Waals surface area contributed by atoms with E-state index in [1.165, 1.54) is 37.1 Å². The lowest BCUT2D eigenvalue weighted by Gasteiger charge is -2.39. The minimum atomic E-state index is -2.69. The Morgan fingerprint density at radius 1 is 0.670 bits per heavy atom. The molecule has 1 aliphatic rings. The van der Waals surface area contributed by atoms with Crippen molar-refractivity contribution in [3.63, 3.8) is 0 Å². The van der Waals surface area contributed by atoms with Gasteiger partial charge in [0.05, 0.1) is 29.1 Å². The van der Waals surface area contributed by atoms with Crippen molar-refractivity contribution < 1.29 is 81.6 Å². The van der Waals surface area contributed by atoms with E-state index in [0.717, 1.165) is 30.0 Å². The zero-order chi connectivity index (χ0) is 83.9. The highest BCUT2D eigenvalue weighted by atomic mass is 32.2. The van der Waals surface area contributed by atoms with Crippen LogP contribution in [0.2, 0.25) is 0 Å². The minimum absolute atomic E-state index is 0.0167. The number of nitrogens with one attached hydrogen (secondary N) is 15. The average molecular weight is 1590 g/mol.